The van der Waals surface area contributed by atoms with E-state index in [1.165, 1.54) is 5.56 Å². The van der Waals surface area contributed by atoms with Gasteiger partial charge in [-0.3, -0.25) is 4.79 Å². The first-order valence-corrected chi connectivity index (χ1v) is 7.87. The molecule has 0 saturated carbocycles. The summed E-state index contributed by atoms with van der Waals surface area (Å²) in [6.07, 6.45) is 1.74. The van der Waals surface area contributed by atoms with Crippen molar-refractivity contribution in [2.45, 2.75) is 19.8 Å². The van der Waals surface area contributed by atoms with Gasteiger partial charge in [-0.05, 0) is 30.1 Å². The lowest BCUT2D eigenvalue weighted by molar-refractivity contribution is -0.118. The minimum atomic E-state index is 0.0860. The second-order valence-electron chi connectivity index (χ2n) is 4.71. The van der Waals surface area contributed by atoms with Gasteiger partial charge in [-0.15, -0.1) is 0 Å². The fourth-order valence-corrected chi connectivity index (χ4v) is 2.47. The van der Waals surface area contributed by atoms with Crippen LogP contribution in [-0.4, -0.2) is 35.7 Å². The van der Waals surface area contributed by atoms with Crippen LogP contribution in [0.25, 0.3) is 0 Å². The van der Waals surface area contributed by atoms with E-state index in [4.69, 9.17) is 5.11 Å². The van der Waals surface area contributed by atoms with Crippen molar-refractivity contribution in [3.05, 3.63) is 35.9 Å². The Bertz CT molecular complexity index is 356. The molecule has 1 rings (SSSR count). The van der Waals surface area contributed by atoms with Crippen molar-refractivity contribution >= 4 is 17.7 Å². The van der Waals surface area contributed by atoms with E-state index >= 15 is 0 Å². The smallest absolute Gasteiger partial charge is 0.230 e. The summed E-state index contributed by atoms with van der Waals surface area (Å²) in [5.41, 5.74) is 1.31. The lowest BCUT2D eigenvalue weighted by Crippen LogP contribution is -2.30. The highest BCUT2D eigenvalue weighted by molar-refractivity contribution is 7.99. The third-order valence-electron chi connectivity index (χ3n) is 2.88. The second-order valence-corrected chi connectivity index (χ2v) is 5.81. The highest BCUT2D eigenvalue weighted by atomic mass is 32.2. The van der Waals surface area contributed by atoms with E-state index in [-0.39, 0.29) is 12.5 Å². The van der Waals surface area contributed by atoms with Gasteiger partial charge in [0.1, 0.15) is 0 Å². The molecule has 4 heteroatoms. The van der Waals surface area contributed by atoms with Gasteiger partial charge in [0, 0.05) is 13.2 Å². The topological polar surface area (TPSA) is 49.3 Å². The number of hydrogen-bond acceptors (Lipinski definition) is 3. The fourth-order valence-electron chi connectivity index (χ4n) is 1.66. The van der Waals surface area contributed by atoms with Crippen molar-refractivity contribution in [1.29, 1.82) is 0 Å². The first kappa shape index (κ1) is 16.1. The van der Waals surface area contributed by atoms with Crippen molar-refractivity contribution in [2.75, 3.05) is 24.7 Å². The second kappa shape index (κ2) is 9.87. The molecule has 1 atom stereocenters. The highest BCUT2D eigenvalue weighted by Crippen LogP contribution is 2.06. The number of hydrogen-bond donors (Lipinski definition) is 2. The van der Waals surface area contributed by atoms with Crippen LogP contribution in [0.3, 0.4) is 0 Å². The summed E-state index contributed by atoms with van der Waals surface area (Å²) in [6, 6.07) is 10.3. The summed E-state index contributed by atoms with van der Waals surface area (Å²) in [4.78, 5) is 11.6. The maximum Gasteiger partial charge on any atom is 0.230 e. The van der Waals surface area contributed by atoms with E-state index < -0.39 is 0 Å². The molecule has 0 aliphatic carbocycles. The molecule has 0 spiro atoms. The Morgan fingerprint density at radius 1 is 1.37 bits per heavy atom. The number of rotatable bonds is 9. The van der Waals surface area contributed by atoms with Crippen LogP contribution in [0.1, 0.15) is 18.9 Å². The molecule has 3 nitrogen and oxygen atoms in total. The molecule has 19 heavy (non-hydrogen) atoms. The zero-order valence-electron chi connectivity index (χ0n) is 11.5. The number of aryl methyl sites for hydroxylation is 1. The molecule has 1 amide bonds. The number of carbonyl (C=O) groups excluding carboxylic acids is 1. The van der Waals surface area contributed by atoms with Crippen LogP contribution in [-0.2, 0) is 11.2 Å². The first-order chi connectivity index (χ1) is 9.22. The summed E-state index contributed by atoms with van der Waals surface area (Å²) in [5.74, 6) is 1.90. The maximum atomic E-state index is 11.6. The molecule has 0 aliphatic heterocycles. The van der Waals surface area contributed by atoms with Crippen LogP contribution in [0, 0.1) is 5.92 Å². The van der Waals surface area contributed by atoms with Gasteiger partial charge in [0.25, 0.3) is 0 Å². The quantitative estimate of drug-likeness (QED) is 0.682. The predicted molar refractivity (Wildman–Crippen MR) is 81.3 cm³/mol. The van der Waals surface area contributed by atoms with Gasteiger partial charge in [0.15, 0.2) is 0 Å². The Hall–Kier alpha value is -1.00. The maximum absolute atomic E-state index is 11.6. The van der Waals surface area contributed by atoms with E-state index in [2.05, 4.69) is 17.4 Å². The van der Waals surface area contributed by atoms with Crippen molar-refractivity contribution in [2.24, 2.45) is 5.92 Å². The number of thioether (sulfide) groups is 1. The third kappa shape index (κ3) is 7.90. The standard InChI is InChI=1S/C15H23NO2S/c1-13(7-9-17)11-16-15(18)12-19-10-8-14-5-3-2-4-6-14/h2-6,13,17H,7-12H2,1H3,(H,16,18). The number of aliphatic hydroxyl groups is 1. The molecule has 0 radical (unpaired) electrons. The van der Waals surface area contributed by atoms with Gasteiger partial charge in [0.05, 0.1) is 5.75 Å². The normalized spacial score (nSPS) is 12.1. The summed E-state index contributed by atoms with van der Waals surface area (Å²) in [7, 11) is 0. The molecular weight excluding hydrogens is 258 g/mol. The molecule has 2 N–H and O–H groups in total. The van der Waals surface area contributed by atoms with E-state index in [1.807, 2.05) is 25.1 Å². The monoisotopic (exact) mass is 281 g/mol. The Balaban J connectivity index is 2.04. The van der Waals surface area contributed by atoms with E-state index in [1.54, 1.807) is 11.8 Å². The summed E-state index contributed by atoms with van der Waals surface area (Å²) >= 11 is 1.66. The fraction of sp³-hybridized carbons (Fsp3) is 0.533. The first-order valence-electron chi connectivity index (χ1n) is 6.71. The Morgan fingerprint density at radius 3 is 2.79 bits per heavy atom. The average molecular weight is 281 g/mol. The molecule has 0 saturated heterocycles. The Labute approximate surface area is 119 Å². The third-order valence-corrected chi connectivity index (χ3v) is 3.84. The lowest BCUT2D eigenvalue weighted by Gasteiger charge is -2.10. The van der Waals surface area contributed by atoms with Gasteiger partial charge in [0.2, 0.25) is 5.91 Å². The van der Waals surface area contributed by atoms with Crippen LogP contribution in [0.2, 0.25) is 0 Å². The van der Waals surface area contributed by atoms with E-state index in [0.717, 1.165) is 18.6 Å². The predicted octanol–water partition coefficient (Wildman–Crippen LogP) is 2.10. The van der Waals surface area contributed by atoms with Gasteiger partial charge >= 0.3 is 0 Å². The van der Waals surface area contributed by atoms with Crippen LogP contribution < -0.4 is 5.32 Å². The highest BCUT2D eigenvalue weighted by Gasteiger charge is 2.05. The SMILES string of the molecule is CC(CCO)CNC(=O)CSCCc1ccccc1. The molecule has 1 aromatic rings. The minimum Gasteiger partial charge on any atom is -0.396 e. The van der Waals surface area contributed by atoms with Crippen molar-refractivity contribution in [3.8, 4) is 0 Å². The summed E-state index contributed by atoms with van der Waals surface area (Å²) in [6.45, 7) is 2.86. The minimum absolute atomic E-state index is 0.0860. The summed E-state index contributed by atoms with van der Waals surface area (Å²) in [5, 5.41) is 11.7. The summed E-state index contributed by atoms with van der Waals surface area (Å²) < 4.78 is 0. The Kier molecular flexibility index (Phi) is 8.34. The zero-order valence-corrected chi connectivity index (χ0v) is 12.3. The van der Waals surface area contributed by atoms with Gasteiger partial charge in [-0.25, -0.2) is 0 Å². The van der Waals surface area contributed by atoms with Crippen molar-refractivity contribution < 1.29 is 9.90 Å². The van der Waals surface area contributed by atoms with Gasteiger partial charge in [-0.2, -0.15) is 11.8 Å². The lowest BCUT2D eigenvalue weighted by atomic mass is 10.1. The molecule has 1 aromatic carbocycles. The molecule has 0 aromatic heterocycles. The van der Waals surface area contributed by atoms with Crippen LogP contribution >= 0.6 is 11.8 Å². The Morgan fingerprint density at radius 2 is 2.11 bits per heavy atom. The molecule has 106 valence electrons. The van der Waals surface area contributed by atoms with E-state index in [0.29, 0.717) is 18.2 Å². The molecule has 1 unspecified atom stereocenters. The molecule has 0 bridgehead atoms. The van der Waals surface area contributed by atoms with E-state index in [9.17, 15) is 4.79 Å². The number of benzene rings is 1. The molecular formula is C15H23NO2S. The van der Waals surface area contributed by atoms with Crippen LogP contribution in [0.5, 0.6) is 0 Å². The number of carbonyl (C=O) groups is 1. The molecule has 0 aliphatic rings. The van der Waals surface area contributed by atoms with Gasteiger partial charge in [-0.1, -0.05) is 37.3 Å². The average Bonchev–Trinajstić information content (AvgIpc) is 2.43. The molecule has 0 heterocycles. The van der Waals surface area contributed by atoms with Crippen LogP contribution in [0.15, 0.2) is 30.3 Å². The largest absolute Gasteiger partial charge is 0.396 e. The molecule has 0 fully saturated rings. The van der Waals surface area contributed by atoms with Crippen LogP contribution in [0.4, 0.5) is 0 Å². The van der Waals surface area contributed by atoms with Gasteiger partial charge < -0.3 is 10.4 Å². The number of aliphatic hydroxyl groups excluding tert-OH is 1. The number of nitrogens with one attached hydrogen (secondary N) is 1. The zero-order chi connectivity index (χ0) is 13.9. The number of amides is 1. The van der Waals surface area contributed by atoms with Crippen molar-refractivity contribution in [3.63, 3.8) is 0 Å². The van der Waals surface area contributed by atoms with Crippen molar-refractivity contribution in [1.82, 2.24) is 5.32 Å².